The summed E-state index contributed by atoms with van der Waals surface area (Å²) in [5.74, 6) is -0.588. The Morgan fingerprint density at radius 3 is 2.37 bits per heavy atom. The highest BCUT2D eigenvalue weighted by Crippen LogP contribution is 2.34. The first-order valence-corrected chi connectivity index (χ1v) is 6.71. The molecule has 1 heterocycles. The van der Waals surface area contributed by atoms with Crippen LogP contribution in [0.1, 0.15) is 37.2 Å². The zero-order valence-corrected chi connectivity index (χ0v) is 12.7. The van der Waals surface area contributed by atoms with Gasteiger partial charge >= 0.3 is 0 Å². The number of nitrogens with two attached hydrogens (primary N) is 1. The molecule has 0 bridgehead atoms. The van der Waals surface area contributed by atoms with Crippen LogP contribution in [0.2, 0.25) is 15.2 Å². The molecule has 0 aromatic carbocycles. The van der Waals surface area contributed by atoms with Crippen LogP contribution in [-0.4, -0.2) is 16.6 Å². The largest absolute Gasteiger partial charge is 0.396 e. The number of carbonyl (C=O) groups excluding carboxylic acids is 1. The predicted octanol–water partition coefficient (Wildman–Crippen LogP) is 3.53. The van der Waals surface area contributed by atoms with E-state index in [4.69, 9.17) is 40.5 Å². The van der Waals surface area contributed by atoms with Crippen molar-refractivity contribution in [3.63, 3.8) is 0 Å². The molecule has 0 radical (unpaired) electrons. The maximum Gasteiger partial charge on any atom is 0.291 e. The molecule has 0 aliphatic heterocycles. The zero-order chi connectivity index (χ0) is 14.6. The molecular weight excluding hydrogens is 311 g/mol. The van der Waals surface area contributed by atoms with E-state index in [1.165, 1.54) is 0 Å². The quantitative estimate of drug-likeness (QED) is 0.505. The smallest absolute Gasteiger partial charge is 0.291 e. The molecule has 19 heavy (non-hydrogen) atoms. The lowest BCUT2D eigenvalue weighted by molar-refractivity contribution is 0.0950. The molecule has 1 aromatic heterocycles. The molecule has 0 atom stereocenters. The van der Waals surface area contributed by atoms with Gasteiger partial charge < -0.3 is 5.73 Å². The summed E-state index contributed by atoms with van der Waals surface area (Å²) in [6.45, 7) is 3.88. The summed E-state index contributed by atoms with van der Waals surface area (Å²) >= 11 is 17.4. The molecule has 104 valence electrons. The van der Waals surface area contributed by atoms with E-state index in [2.05, 4.69) is 15.5 Å². The highest BCUT2D eigenvalue weighted by atomic mass is 35.5. The Morgan fingerprint density at radius 1 is 1.26 bits per heavy atom. The molecule has 0 aliphatic carbocycles. The van der Waals surface area contributed by atoms with Gasteiger partial charge in [-0.3, -0.25) is 4.79 Å². The van der Waals surface area contributed by atoms with Gasteiger partial charge in [-0.05, 0) is 12.8 Å². The molecule has 1 amide bonds. The molecule has 3 N–H and O–H groups in total. The Balaban J connectivity index is 3.05. The Kier molecular flexibility index (Phi) is 5.85. The second kappa shape index (κ2) is 6.93. The second-order valence-electron chi connectivity index (χ2n) is 3.62. The van der Waals surface area contributed by atoms with Crippen molar-refractivity contribution >= 4 is 52.1 Å². The van der Waals surface area contributed by atoms with Crippen LogP contribution in [0, 0.1) is 0 Å². The number of rotatable bonds is 4. The summed E-state index contributed by atoms with van der Waals surface area (Å²) in [6.07, 6.45) is 1.48. The van der Waals surface area contributed by atoms with Crippen molar-refractivity contribution in [2.24, 2.45) is 5.10 Å². The molecule has 8 heteroatoms. The maximum atomic E-state index is 11.9. The minimum Gasteiger partial charge on any atom is -0.396 e. The minimum atomic E-state index is -0.588. The van der Waals surface area contributed by atoms with E-state index in [1.807, 2.05) is 13.8 Å². The molecular formula is C11H13Cl3N4O. The Morgan fingerprint density at radius 2 is 1.84 bits per heavy atom. The van der Waals surface area contributed by atoms with Crippen LogP contribution in [-0.2, 0) is 0 Å². The number of hydrogen-bond acceptors (Lipinski definition) is 4. The molecule has 0 aliphatic rings. The third-order valence-corrected chi connectivity index (χ3v) is 3.55. The number of nitrogens with one attached hydrogen (secondary N) is 1. The van der Waals surface area contributed by atoms with Crippen LogP contribution in [0.4, 0.5) is 5.69 Å². The molecule has 0 fully saturated rings. The van der Waals surface area contributed by atoms with Crippen LogP contribution >= 0.6 is 34.8 Å². The van der Waals surface area contributed by atoms with Gasteiger partial charge in [0.2, 0.25) is 0 Å². The van der Waals surface area contributed by atoms with E-state index in [0.29, 0.717) is 0 Å². The number of nitrogen functional groups attached to an aromatic ring is 1. The van der Waals surface area contributed by atoms with Crippen LogP contribution in [0.15, 0.2) is 5.10 Å². The zero-order valence-electron chi connectivity index (χ0n) is 10.4. The summed E-state index contributed by atoms with van der Waals surface area (Å²) in [5, 5.41) is 3.86. The minimum absolute atomic E-state index is 0.0173. The van der Waals surface area contributed by atoms with Crippen molar-refractivity contribution in [2.75, 3.05) is 5.73 Å². The lowest BCUT2D eigenvalue weighted by Crippen LogP contribution is -2.21. The monoisotopic (exact) mass is 322 g/mol. The average Bonchev–Trinajstić information content (AvgIpc) is 2.41. The van der Waals surface area contributed by atoms with Gasteiger partial charge in [-0.25, -0.2) is 10.4 Å². The number of carbonyl (C=O) groups is 1. The summed E-state index contributed by atoms with van der Waals surface area (Å²) in [4.78, 5) is 15.7. The number of hydrogen-bond donors (Lipinski definition) is 2. The van der Waals surface area contributed by atoms with Crippen LogP contribution in [0.25, 0.3) is 0 Å². The van der Waals surface area contributed by atoms with Gasteiger partial charge in [-0.15, -0.1) is 0 Å². The highest BCUT2D eigenvalue weighted by Gasteiger charge is 2.19. The van der Waals surface area contributed by atoms with Gasteiger partial charge in [0.1, 0.15) is 5.02 Å². The fourth-order valence-corrected chi connectivity index (χ4v) is 1.87. The number of aromatic nitrogens is 1. The Labute approximate surface area is 126 Å². The van der Waals surface area contributed by atoms with Crippen molar-refractivity contribution < 1.29 is 4.79 Å². The SMILES string of the molecule is CCC(CC)=NNC(=O)c1nc(Cl)c(Cl)c(N)c1Cl. The molecule has 5 nitrogen and oxygen atoms in total. The molecule has 0 spiro atoms. The third kappa shape index (κ3) is 3.72. The topological polar surface area (TPSA) is 80.4 Å². The van der Waals surface area contributed by atoms with E-state index >= 15 is 0 Å². The van der Waals surface area contributed by atoms with E-state index < -0.39 is 5.91 Å². The van der Waals surface area contributed by atoms with Crippen molar-refractivity contribution in [3.05, 3.63) is 20.9 Å². The lowest BCUT2D eigenvalue weighted by atomic mass is 10.2. The molecule has 0 saturated carbocycles. The van der Waals surface area contributed by atoms with Gasteiger partial charge in [0.15, 0.2) is 10.8 Å². The maximum absolute atomic E-state index is 11.9. The van der Waals surface area contributed by atoms with Crippen LogP contribution in [0.5, 0.6) is 0 Å². The predicted molar refractivity (Wildman–Crippen MR) is 79.2 cm³/mol. The van der Waals surface area contributed by atoms with E-state index in [9.17, 15) is 4.79 Å². The second-order valence-corrected chi connectivity index (χ2v) is 4.73. The number of nitrogens with zero attached hydrogens (tertiary/aromatic N) is 2. The number of amides is 1. The van der Waals surface area contributed by atoms with Crippen molar-refractivity contribution in [1.82, 2.24) is 10.4 Å². The normalized spacial score (nSPS) is 10.2. The first-order valence-electron chi connectivity index (χ1n) is 5.58. The van der Waals surface area contributed by atoms with Crippen LogP contribution in [0.3, 0.4) is 0 Å². The van der Waals surface area contributed by atoms with Gasteiger partial charge in [-0.1, -0.05) is 48.7 Å². The first-order chi connectivity index (χ1) is 8.92. The average molecular weight is 324 g/mol. The Bertz CT molecular complexity index is 525. The van der Waals surface area contributed by atoms with Crippen LogP contribution < -0.4 is 11.2 Å². The van der Waals surface area contributed by atoms with Gasteiger partial charge in [-0.2, -0.15) is 5.10 Å². The standard InChI is InChI=1S/C11H13Cl3N4O/c1-3-5(4-2)17-18-11(19)9-6(12)8(15)7(13)10(14)16-9/h3-4H2,1-2H3,(H2,15,16)(H,18,19). The fraction of sp³-hybridized carbons (Fsp3) is 0.364. The number of halogens is 3. The van der Waals surface area contributed by atoms with Crippen molar-refractivity contribution in [1.29, 1.82) is 0 Å². The van der Waals surface area contributed by atoms with Gasteiger partial charge in [0.25, 0.3) is 5.91 Å². The summed E-state index contributed by atoms with van der Waals surface area (Å²) < 4.78 is 0. The number of hydrazone groups is 1. The fourth-order valence-electron chi connectivity index (χ4n) is 1.27. The number of pyridine rings is 1. The van der Waals surface area contributed by atoms with Gasteiger partial charge in [0, 0.05) is 5.71 Å². The number of anilines is 1. The molecule has 0 saturated heterocycles. The highest BCUT2D eigenvalue weighted by molar-refractivity contribution is 6.46. The van der Waals surface area contributed by atoms with E-state index in [1.54, 1.807) is 0 Å². The molecule has 0 unspecified atom stereocenters. The summed E-state index contributed by atoms with van der Waals surface area (Å²) in [5.41, 5.74) is 8.74. The van der Waals surface area contributed by atoms with Crippen molar-refractivity contribution in [3.8, 4) is 0 Å². The first kappa shape index (κ1) is 16.0. The third-order valence-electron chi connectivity index (χ3n) is 2.42. The lowest BCUT2D eigenvalue weighted by Gasteiger charge is -2.08. The van der Waals surface area contributed by atoms with Crippen molar-refractivity contribution in [2.45, 2.75) is 26.7 Å². The van der Waals surface area contributed by atoms with E-state index in [0.717, 1.165) is 18.6 Å². The van der Waals surface area contributed by atoms with E-state index in [-0.39, 0.29) is 26.6 Å². The summed E-state index contributed by atoms with van der Waals surface area (Å²) in [7, 11) is 0. The Hall–Kier alpha value is -1.04. The molecule has 1 aromatic rings. The summed E-state index contributed by atoms with van der Waals surface area (Å²) in [6, 6.07) is 0. The van der Waals surface area contributed by atoms with Gasteiger partial charge in [0.05, 0.1) is 10.7 Å². The molecule has 1 rings (SSSR count).